The number of nitrogens with zero attached hydrogens (tertiary/aromatic N) is 1. The Morgan fingerprint density at radius 2 is 1.88 bits per heavy atom. The van der Waals surface area contributed by atoms with Crippen LogP contribution >= 0.6 is 0 Å². The van der Waals surface area contributed by atoms with E-state index < -0.39 is 0 Å². The van der Waals surface area contributed by atoms with Gasteiger partial charge in [0.2, 0.25) is 0 Å². The van der Waals surface area contributed by atoms with Gasteiger partial charge in [0.05, 0.1) is 6.61 Å². The maximum absolute atomic E-state index is 5.87. The molecule has 88 valence electrons. The molecule has 3 heteroatoms. The highest BCUT2D eigenvalue weighted by Gasteiger charge is 2.18. The van der Waals surface area contributed by atoms with E-state index in [2.05, 4.69) is 4.98 Å². The highest BCUT2D eigenvalue weighted by Crippen LogP contribution is 2.23. The summed E-state index contributed by atoms with van der Waals surface area (Å²) in [7, 11) is 0. The van der Waals surface area contributed by atoms with Crippen LogP contribution in [0.3, 0.4) is 0 Å². The minimum atomic E-state index is 0.427. The van der Waals surface area contributed by atoms with Gasteiger partial charge in [-0.05, 0) is 49.3 Å². The monoisotopic (exact) mass is 220 g/mol. The molecule has 0 saturated heterocycles. The molecular formula is C13H20N2O. The van der Waals surface area contributed by atoms with E-state index in [0.717, 1.165) is 19.4 Å². The van der Waals surface area contributed by atoms with Crippen molar-refractivity contribution in [2.45, 2.75) is 38.3 Å². The number of ether oxygens (including phenoxy) is 1. The van der Waals surface area contributed by atoms with Gasteiger partial charge in [0.1, 0.15) is 0 Å². The lowest BCUT2D eigenvalue weighted by atomic mass is 9.87. The van der Waals surface area contributed by atoms with Gasteiger partial charge < -0.3 is 10.5 Å². The minimum absolute atomic E-state index is 0.427. The van der Waals surface area contributed by atoms with Crippen LogP contribution in [0.2, 0.25) is 0 Å². The Balaban J connectivity index is 1.65. The van der Waals surface area contributed by atoms with Crippen LogP contribution in [0.4, 0.5) is 0 Å². The van der Waals surface area contributed by atoms with E-state index in [9.17, 15) is 0 Å². The molecule has 1 aromatic heterocycles. The van der Waals surface area contributed by atoms with Gasteiger partial charge in [0.15, 0.2) is 0 Å². The van der Waals surface area contributed by atoms with Gasteiger partial charge in [0, 0.05) is 25.0 Å². The molecule has 0 atom stereocenters. The van der Waals surface area contributed by atoms with E-state index in [1.807, 2.05) is 12.1 Å². The molecule has 0 spiro atoms. The van der Waals surface area contributed by atoms with Crippen molar-refractivity contribution in [3.63, 3.8) is 0 Å². The Hall–Kier alpha value is -0.930. The highest BCUT2D eigenvalue weighted by molar-refractivity contribution is 5.07. The van der Waals surface area contributed by atoms with Crippen molar-refractivity contribution in [2.75, 3.05) is 6.61 Å². The van der Waals surface area contributed by atoms with Gasteiger partial charge in [-0.1, -0.05) is 0 Å². The molecule has 2 N–H and O–H groups in total. The Morgan fingerprint density at radius 3 is 2.56 bits per heavy atom. The smallest absolute Gasteiger partial charge is 0.0718 e. The van der Waals surface area contributed by atoms with Crippen molar-refractivity contribution < 1.29 is 4.74 Å². The van der Waals surface area contributed by atoms with Gasteiger partial charge in [-0.15, -0.1) is 0 Å². The zero-order chi connectivity index (χ0) is 11.2. The van der Waals surface area contributed by atoms with Crippen LogP contribution in [0, 0.1) is 5.92 Å². The van der Waals surface area contributed by atoms with Crippen molar-refractivity contribution in [1.29, 1.82) is 0 Å². The Morgan fingerprint density at radius 1 is 1.19 bits per heavy atom. The molecule has 0 unspecified atom stereocenters. The topological polar surface area (TPSA) is 48.1 Å². The van der Waals surface area contributed by atoms with Crippen molar-refractivity contribution in [3.8, 4) is 0 Å². The lowest BCUT2D eigenvalue weighted by molar-refractivity contribution is 0.0718. The summed E-state index contributed by atoms with van der Waals surface area (Å²) in [5, 5.41) is 0. The normalized spacial score (nSPS) is 25.6. The quantitative estimate of drug-likeness (QED) is 0.845. The molecule has 3 nitrogen and oxygen atoms in total. The van der Waals surface area contributed by atoms with Gasteiger partial charge in [-0.3, -0.25) is 4.98 Å². The van der Waals surface area contributed by atoms with E-state index in [4.69, 9.17) is 10.5 Å². The van der Waals surface area contributed by atoms with Crippen LogP contribution in [0.5, 0.6) is 0 Å². The summed E-state index contributed by atoms with van der Waals surface area (Å²) in [6.07, 6.45) is 8.36. The molecule has 1 saturated carbocycles. The zero-order valence-corrected chi connectivity index (χ0v) is 9.64. The Labute approximate surface area is 97.0 Å². The number of hydrogen-bond acceptors (Lipinski definition) is 3. The number of hydrogen-bond donors (Lipinski definition) is 1. The van der Waals surface area contributed by atoms with Crippen molar-refractivity contribution in [1.82, 2.24) is 4.98 Å². The second-order valence-electron chi connectivity index (χ2n) is 4.65. The van der Waals surface area contributed by atoms with Gasteiger partial charge >= 0.3 is 0 Å². The second kappa shape index (κ2) is 5.97. The van der Waals surface area contributed by atoms with E-state index in [1.54, 1.807) is 12.4 Å². The van der Waals surface area contributed by atoms with E-state index in [0.29, 0.717) is 18.6 Å². The summed E-state index contributed by atoms with van der Waals surface area (Å²) < 4.78 is 5.73. The summed E-state index contributed by atoms with van der Waals surface area (Å²) in [4.78, 5) is 3.98. The molecule has 1 aromatic rings. The molecule has 0 bridgehead atoms. The second-order valence-corrected chi connectivity index (χ2v) is 4.65. The number of rotatable bonds is 4. The van der Waals surface area contributed by atoms with Crippen LogP contribution in [-0.2, 0) is 11.3 Å². The lowest BCUT2D eigenvalue weighted by Gasteiger charge is -2.25. The third-order valence-corrected chi connectivity index (χ3v) is 3.26. The molecule has 0 aromatic carbocycles. The fraction of sp³-hybridized carbons (Fsp3) is 0.615. The van der Waals surface area contributed by atoms with Crippen molar-refractivity contribution in [2.24, 2.45) is 11.7 Å². The van der Waals surface area contributed by atoms with Gasteiger partial charge in [-0.2, -0.15) is 0 Å². The Bertz CT molecular complexity index is 294. The molecule has 1 aliphatic rings. The SMILES string of the molecule is N[C@H]1CC[C@H](COCc2ccncc2)CC1. The van der Waals surface area contributed by atoms with Gasteiger partial charge in [-0.25, -0.2) is 0 Å². The molecule has 16 heavy (non-hydrogen) atoms. The fourth-order valence-corrected chi connectivity index (χ4v) is 2.18. The summed E-state index contributed by atoms with van der Waals surface area (Å²) >= 11 is 0. The molecular weight excluding hydrogens is 200 g/mol. The van der Waals surface area contributed by atoms with Gasteiger partial charge in [0.25, 0.3) is 0 Å². The van der Waals surface area contributed by atoms with E-state index in [-0.39, 0.29) is 0 Å². The van der Waals surface area contributed by atoms with Crippen LogP contribution in [0.25, 0.3) is 0 Å². The number of pyridine rings is 1. The molecule has 0 amide bonds. The number of aromatic nitrogens is 1. The summed E-state index contributed by atoms with van der Waals surface area (Å²) in [6, 6.07) is 4.42. The first kappa shape index (κ1) is 11.6. The van der Waals surface area contributed by atoms with Crippen LogP contribution in [-0.4, -0.2) is 17.6 Å². The molecule has 1 fully saturated rings. The molecule has 1 heterocycles. The maximum Gasteiger partial charge on any atom is 0.0718 e. The third-order valence-electron chi connectivity index (χ3n) is 3.26. The maximum atomic E-state index is 5.87. The van der Waals surface area contributed by atoms with Crippen LogP contribution in [0.1, 0.15) is 31.2 Å². The summed E-state index contributed by atoms with van der Waals surface area (Å²) in [5.74, 6) is 0.710. The average Bonchev–Trinajstić information content (AvgIpc) is 2.33. The first-order valence-corrected chi connectivity index (χ1v) is 6.07. The lowest BCUT2D eigenvalue weighted by Crippen LogP contribution is -2.28. The van der Waals surface area contributed by atoms with Crippen molar-refractivity contribution in [3.05, 3.63) is 30.1 Å². The Kier molecular flexibility index (Phi) is 4.31. The predicted molar refractivity (Wildman–Crippen MR) is 63.8 cm³/mol. The zero-order valence-electron chi connectivity index (χ0n) is 9.64. The van der Waals surface area contributed by atoms with Crippen LogP contribution < -0.4 is 5.73 Å². The van der Waals surface area contributed by atoms with Crippen molar-refractivity contribution >= 4 is 0 Å². The first-order valence-electron chi connectivity index (χ1n) is 6.07. The molecule has 2 rings (SSSR count). The molecule has 1 aliphatic carbocycles. The standard InChI is InChI=1S/C13H20N2O/c14-13-3-1-11(2-4-13)9-16-10-12-5-7-15-8-6-12/h5-8,11,13H,1-4,9-10,14H2/t11-,13-. The molecule has 0 aliphatic heterocycles. The first-order chi connectivity index (χ1) is 7.84. The van der Waals surface area contributed by atoms with E-state index >= 15 is 0 Å². The minimum Gasteiger partial charge on any atom is -0.376 e. The highest BCUT2D eigenvalue weighted by atomic mass is 16.5. The average molecular weight is 220 g/mol. The largest absolute Gasteiger partial charge is 0.376 e. The van der Waals surface area contributed by atoms with Crippen LogP contribution in [0.15, 0.2) is 24.5 Å². The summed E-state index contributed by atoms with van der Waals surface area (Å²) in [5.41, 5.74) is 7.07. The van der Waals surface area contributed by atoms with E-state index in [1.165, 1.54) is 18.4 Å². The predicted octanol–water partition coefficient (Wildman–Crippen LogP) is 2.12. The summed E-state index contributed by atoms with van der Waals surface area (Å²) in [6.45, 7) is 1.57. The number of nitrogens with two attached hydrogens (primary N) is 1. The fourth-order valence-electron chi connectivity index (χ4n) is 2.18. The third kappa shape index (κ3) is 3.58. The molecule has 0 radical (unpaired) electrons.